The summed E-state index contributed by atoms with van der Waals surface area (Å²) in [6.45, 7) is 3.32. The Morgan fingerprint density at radius 1 is 1.29 bits per heavy atom. The van der Waals surface area contributed by atoms with E-state index in [1.165, 1.54) is 6.92 Å². The lowest BCUT2D eigenvalue weighted by atomic mass is 10.0. The lowest BCUT2D eigenvalue weighted by Gasteiger charge is -2.24. The Bertz CT molecular complexity index is 351. The summed E-state index contributed by atoms with van der Waals surface area (Å²) in [5, 5.41) is 12.2. The van der Waals surface area contributed by atoms with Crippen LogP contribution in [0.5, 0.6) is 0 Å². The van der Waals surface area contributed by atoms with Gasteiger partial charge in [-0.1, -0.05) is 30.3 Å². The highest BCUT2D eigenvalue weighted by Crippen LogP contribution is 2.21. The van der Waals surface area contributed by atoms with E-state index in [1.54, 1.807) is 7.05 Å². The van der Waals surface area contributed by atoms with E-state index in [0.717, 1.165) is 5.56 Å². The van der Waals surface area contributed by atoms with E-state index in [-0.39, 0.29) is 6.04 Å². The second-order valence-electron chi connectivity index (χ2n) is 4.02. The molecule has 0 spiro atoms. The van der Waals surface area contributed by atoms with Gasteiger partial charge >= 0.3 is 5.97 Å². The third-order valence-corrected chi connectivity index (χ3v) is 2.62. The fraction of sp³-hybridized carbons (Fsp3) is 0.462. The lowest BCUT2D eigenvalue weighted by molar-refractivity contribution is -0.159. The van der Waals surface area contributed by atoms with Crippen molar-refractivity contribution in [2.24, 2.45) is 0 Å². The van der Waals surface area contributed by atoms with Crippen LogP contribution in [0.1, 0.15) is 25.5 Å². The fourth-order valence-corrected chi connectivity index (χ4v) is 1.48. The van der Waals surface area contributed by atoms with Crippen molar-refractivity contribution in [1.82, 2.24) is 5.32 Å². The Morgan fingerprint density at radius 2 is 1.88 bits per heavy atom. The average Bonchev–Trinajstić information content (AvgIpc) is 2.35. The van der Waals surface area contributed by atoms with E-state index in [4.69, 9.17) is 4.74 Å². The van der Waals surface area contributed by atoms with Crippen molar-refractivity contribution in [3.05, 3.63) is 35.9 Å². The standard InChI is InChI=1S/C13H19NO3/c1-9(14-3)12(17-13(16)10(2)15)11-7-5-4-6-8-11/h4-10,12,14-15H,1-3H3/t9-,10?,12-/m0/s1. The summed E-state index contributed by atoms with van der Waals surface area (Å²) in [4.78, 5) is 11.4. The molecule has 0 bridgehead atoms. The third kappa shape index (κ3) is 3.84. The Labute approximate surface area is 102 Å². The van der Waals surface area contributed by atoms with Gasteiger partial charge in [0.2, 0.25) is 0 Å². The summed E-state index contributed by atoms with van der Waals surface area (Å²) in [6, 6.07) is 9.45. The second kappa shape index (κ2) is 6.37. The molecular weight excluding hydrogens is 218 g/mol. The summed E-state index contributed by atoms with van der Waals surface area (Å²) in [6.07, 6.45) is -1.51. The fourth-order valence-electron chi connectivity index (χ4n) is 1.48. The SMILES string of the molecule is CN[C@@H](C)[C@H](OC(=O)C(C)O)c1ccccc1. The number of ether oxygens (including phenoxy) is 1. The van der Waals surface area contributed by atoms with Gasteiger partial charge in [-0.3, -0.25) is 0 Å². The van der Waals surface area contributed by atoms with Gasteiger partial charge in [-0.2, -0.15) is 0 Å². The van der Waals surface area contributed by atoms with Gasteiger partial charge in [-0.25, -0.2) is 4.79 Å². The molecule has 0 heterocycles. The number of hydrogen-bond acceptors (Lipinski definition) is 4. The number of aliphatic hydroxyl groups excluding tert-OH is 1. The summed E-state index contributed by atoms with van der Waals surface area (Å²) in [5.74, 6) is -0.610. The molecule has 0 aliphatic carbocycles. The van der Waals surface area contributed by atoms with Crippen LogP contribution in [-0.2, 0) is 9.53 Å². The van der Waals surface area contributed by atoms with Crippen LogP contribution in [-0.4, -0.2) is 30.3 Å². The minimum absolute atomic E-state index is 0.0277. The molecule has 1 rings (SSSR count). The van der Waals surface area contributed by atoms with E-state index < -0.39 is 18.2 Å². The summed E-state index contributed by atoms with van der Waals surface area (Å²) in [5.41, 5.74) is 0.906. The van der Waals surface area contributed by atoms with Gasteiger partial charge in [0.25, 0.3) is 0 Å². The number of likely N-dealkylation sites (N-methyl/N-ethyl adjacent to an activating group) is 1. The zero-order valence-electron chi connectivity index (χ0n) is 10.4. The molecule has 17 heavy (non-hydrogen) atoms. The Morgan fingerprint density at radius 3 is 2.35 bits per heavy atom. The maximum atomic E-state index is 11.4. The average molecular weight is 237 g/mol. The van der Waals surface area contributed by atoms with Crippen LogP contribution in [0.25, 0.3) is 0 Å². The molecule has 2 N–H and O–H groups in total. The van der Waals surface area contributed by atoms with E-state index in [9.17, 15) is 9.90 Å². The van der Waals surface area contributed by atoms with Crippen LogP contribution in [0, 0.1) is 0 Å². The Kier molecular flexibility index (Phi) is 5.12. The van der Waals surface area contributed by atoms with Crippen molar-refractivity contribution >= 4 is 5.97 Å². The molecule has 0 radical (unpaired) electrons. The van der Waals surface area contributed by atoms with Crippen molar-refractivity contribution in [2.45, 2.75) is 32.1 Å². The summed E-state index contributed by atoms with van der Waals surface area (Å²) >= 11 is 0. The predicted octanol–water partition coefficient (Wildman–Crippen LogP) is 1.26. The van der Waals surface area contributed by atoms with Gasteiger partial charge in [-0.15, -0.1) is 0 Å². The largest absolute Gasteiger partial charge is 0.454 e. The number of aliphatic hydroxyl groups is 1. The number of carbonyl (C=O) groups excluding carboxylic acids is 1. The molecule has 1 unspecified atom stereocenters. The van der Waals surface area contributed by atoms with Gasteiger partial charge in [-0.05, 0) is 26.5 Å². The van der Waals surface area contributed by atoms with Crippen molar-refractivity contribution in [2.75, 3.05) is 7.05 Å². The van der Waals surface area contributed by atoms with Gasteiger partial charge in [0, 0.05) is 6.04 Å². The minimum atomic E-state index is -1.11. The highest BCUT2D eigenvalue weighted by Gasteiger charge is 2.24. The van der Waals surface area contributed by atoms with Crippen molar-refractivity contribution < 1.29 is 14.6 Å². The van der Waals surface area contributed by atoms with Gasteiger partial charge in [0.05, 0.1) is 0 Å². The third-order valence-electron chi connectivity index (χ3n) is 2.62. The monoisotopic (exact) mass is 237 g/mol. The van der Waals surface area contributed by atoms with Crippen LogP contribution >= 0.6 is 0 Å². The molecule has 4 nitrogen and oxygen atoms in total. The zero-order valence-corrected chi connectivity index (χ0v) is 10.4. The van der Waals surface area contributed by atoms with E-state index in [1.807, 2.05) is 37.3 Å². The molecule has 4 heteroatoms. The molecule has 0 aliphatic rings. The topological polar surface area (TPSA) is 58.6 Å². The summed E-state index contributed by atoms with van der Waals surface area (Å²) in [7, 11) is 1.80. The predicted molar refractivity (Wildman–Crippen MR) is 65.5 cm³/mol. The molecule has 0 amide bonds. The Balaban J connectivity index is 2.85. The number of nitrogens with one attached hydrogen (secondary N) is 1. The first-order chi connectivity index (χ1) is 8.06. The van der Waals surface area contributed by atoms with Gasteiger partial charge in [0.1, 0.15) is 12.2 Å². The lowest BCUT2D eigenvalue weighted by Crippen LogP contribution is -2.34. The molecule has 0 aliphatic heterocycles. The van der Waals surface area contributed by atoms with Crippen molar-refractivity contribution in [1.29, 1.82) is 0 Å². The molecule has 0 saturated carbocycles. The number of esters is 1. The highest BCUT2D eigenvalue weighted by molar-refractivity contribution is 5.74. The maximum Gasteiger partial charge on any atom is 0.335 e. The normalized spacial score (nSPS) is 16.0. The first-order valence-electron chi connectivity index (χ1n) is 5.67. The number of benzene rings is 1. The number of hydrogen-bond donors (Lipinski definition) is 2. The van der Waals surface area contributed by atoms with Crippen LogP contribution in [0.4, 0.5) is 0 Å². The van der Waals surface area contributed by atoms with Crippen LogP contribution in [0.2, 0.25) is 0 Å². The first kappa shape index (κ1) is 13.7. The van der Waals surface area contributed by atoms with Crippen molar-refractivity contribution in [3.8, 4) is 0 Å². The van der Waals surface area contributed by atoms with Crippen LogP contribution in [0.3, 0.4) is 0 Å². The number of carbonyl (C=O) groups is 1. The first-order valence-corrected chi connectivity index (χ1v) is 5.67. The molecule has 1 aromatic rings. The van der Waals surface area contributed by atoms with E-state index in [0.29, 0.717) is 0 Å². The van der Waals surface area contributed by atoms with E-state index in [2.05, 4.69) is 5.32 Å². The van der Waals surface area contributed by atoms with Gasteiger partial charge in [0.15, 0.2) is 0 Å². The maximum absolute atomic E-state index is 11.4. The van der Waals surface area contributed by atoms with Crippen LogP contribution < -0.4 is 5.32 Å². The molecule has 0 saturated heterocycles. The Hall–Kier alpha value is -1.39. The highest BCUT2D eigenvalue weighted by atomic mass is 16.6. The van der Waals surface area contributed by atoms with Crippen molar-refractivity contribution in [3.63, 3.8) is 0 Å². The molecule has 0 aromatic heterocycles. The molecule has 3 atom stereocenters. The molecular formula is C13H19NO3. The second-order valence-corrected chi connectivity index (χ2v) is 4.02. The summed E-state index contributed by atoms with van der Waals surface area (Å²) < 4.78 is 5.30. The molecule has 0 fully saturated rings. The van der Waals surface area contributed by atoms with Crippen LogP contribution in [0.15, 0.2) is 30.3 Å². The molecule has 94 valence electrons. The quantitative estimate of drug-likeness (QED) is 0.757. The smallest absolute Gasteiger partial charge is 0.335 e. The van der Waals surface area contributed by atoms with E-state index >= 15 is 0 Å². The number of rotatable bonds is 5. The zero-order chi connectivity index (χ0) is 12.8. The van der Waals surface area contributed by atoms with Gasteiger partial charge < -0.3 is 15.2 Å². The molecule has 1 aromatic carbocycles. The minimum Gasteiger partial charge on any atom is -0.454 e.